The topological polar surface area (TPSA) is 73.9 Å². The summed E-state index contributed by atoms with van der Waals surface area (Å²) in [5.74, 6) is -0.484. The summed E-state index contributed by atoms with van der Waals surface area (Å²) in [7, 11) is 1.44. The van der Waals surface area contributed by atoms with E-state index < -0.39 is 18.5 Å². The number of rotatable bonds is 8. The lowest BCUT2D eigenvalue weighted by Crippen LogP contribution is -2.28. The highest BCUT2D eigenvalue weighted by atomic mass is 35.5. The Morgan fingerprint density at radius 1 is 1.15 bits per heavy atom. The standard InChI is InChI=1S/C19H19Cl2NO5/c1-3-26-18-15(21)8-13(9-16(18)25-2)19(24)27-11-17(23)22-10-12-5-4-6-14(20)7-12/h4-9H,3,10-11H2,1-2H3,(H,22,23). The van der Waals surface area contributed by atoms with E-state index in [1.807, 2.05) is 6.07 Å². The van der Waals surface area contributed by atoms with Gasteiger partial charge in [-0.25, -0.2) is 4.79 Å². The van der Waals surface area contributed by atoms with Crippen LogP contribution in [0.5, 0.6) is 11.5 Å². The van der Waals surface area contributed by atoms with Crippen molar-refractivity contribution in [1.82, 2.24) is 5.32 Å². The minimum absolute atomic E-state index is 0.156. The first-order chi connectivity index (χ1) is 12.9. The van der Waals surface area contributed by atoms with Crippen LogP contribution in [-0.2, 0) is 16.1 Å². The first kappa shape index (κ1) is 20.9. The van der Waals surface area contributed by atoms with Gasteiger partial charge in [-0.2, -0.15) is 0 Å². The number of methoxy groups -OCH3 is 1. The molecule has 6 nitrogen and oxygen atoms in total. The molecule has 0 aliphatic rings. The molecule has 0 bridgehead atoms. The smallest absolute Gasteiger partial charge is 0.338 e. The van der Waals surface area contributed by atoms with Gasteiger partial charge < -0.3 is 19.5 Å². The van der Waals surface area contributed by atoms with Gasteiger partial charge in [-0.3, -0.25) is 4.79 Å². The Hall–Kier alpha value is -2.44. The molecular weight excluding hydrogens is 393 g/mol. The summed E-state index contributed by atoms with van der Waals surface area (Å²) in [6.45, 7) is 2.05. The lowest BCUT2D eigenvalue weighted by Gasteiger charge is -2.13. The van der Waals surface area contributed by atoms with Crippen molar-refractivity contribution in [1.29, 1.82) is 0 Å². The summed E-state index contributed by atoms with van der Waals surface area (Å²) in [5.41, 5.74) is 0.994. The molecule has 0 fully saturated rings. The van der Waals surface area contributed by atoms with E-state index in [0.717, 1.165) is 5.56 Å². The van der Waals surface area contributed by atoms with Crippen molar-refractivity contribution in [3.05, 3.63) is 57.6 Å². The predicted octanol–water partition coefficient (Wildman–Crippen LogP) is 3.87. The van der Waals surface area contributed by atoms with Crippen molar-refractivity contribution >= 4 is 35.1 Å². The van der Waals surface area contributed by atoms with Crippen molar-refractivity contribution in [3.63, 3.8) is 0 Å². The summed E-state index contributed by atoms with van der Waals surface area (Å²) in [4.78, 5) is 24.1. The fourth-order valence-electron chi connectivity index (χ4n) is 2.24. The molecule has 0 saturated heterocycles. The number of nitrogens with one attached hydrogen (secondary N) is 1. The Bertz CT molecular complexity index is 826. The molecule has 0 radical (unpaired) electrons. The lowest BCUT2D eigenvalue weighted by molar-refractivity contribution is -0.124. The summed E-state index contributed by atoms with van der Waals surface area (Å²) in [5, 5.41) is 3.44. The molecule has 0 atom stereocenters. The Morgan fingerprint density at radius 3 is 2.59 bits per heavy atom. The van der Waals surface area contributed by atoms with Crippen LogP contribution in [0.15, 0.2) is 36.4 Å². The van der Waals surface area contributed by atoms with Gasteiger partial charge in [0.25, 0.3) is 5.91 Å². The Morgan fingerprint density at radius 2 is 1.93 bits per heavy atom. The fourth-order valence-corrected chi connectivity index (χ4v) is 2.71. The minimum Gasteiger partial charge on any atom is -0.493 e. The second-order valence-corrected chi connectivity index (χ2v) is 6.25. The molecule has 1 N–H and O–H groups in total. The number of halogens is 2. The molecule has 0 aromatic heterocycles. The van der Waals surface area contributed by atoms with Crippen LogP contribution in [0.3, 0.4) is 0 Å². The second kappa shape index (κ2) is 10.0. The van der Waals surface area contributed by atoms with E-state index in [4.69, 9.17) is 37.4 Å². The maximum Gasteiger partial charge on any atom is 0.338 e. The number of benzene rings is 2. The fraction of sp³-hybridized carbons (Fsp3) is 0.263. The first-order valence-corrected chi connectivity index (χ1v) is 8.88. The van der Waals surface area contributed by atoms with Crippen LogP contribution in [0.2, 0.25) is 10.0 Å². The van der Waals surface area contributed by atoms with Gasteiger partial charge in [0.1, 0.15) is 0 Å². The van der Waals surface area contributed by atoms with E-state index in [9.17, 15) is 9.59 Å². The monoisotopic (exact) mass is 411 g/mol. The number of esters is 1. The van der Waals surface area contributed by atoms with Crippen molar-refractivity contribution in [2.45, 2.75) is 13.5 Å². The van der Waals surface area contributed by atoms with Crippen LogP contribution in [0.4, 0.5) is 0 Å². The highest BCUT2D eigenvalue weighted by Gasteiger charge is 2.17. The molecule has 27 heavy (non-hydrogen) atoms. The molecule has 1 amide bonds. The van der Waals surface area contributed by atoms with Crippen LogP contribution >= 0.6 is 23.2 Å². The van der Waals surface area contributed by atoms with E-state index in [2.05, 4.69) is 5.32 Å². The van der Waals surface area contributed by atoms with Gasteiger partial charge in [-0.05, 0) is 36.8 Å². The highest BCUT2D eigenvalue weighted by Crippen LogP contribution is 2.36. The zero-order valence-corrected chi connectivity index (χ0v) is 16.4. The molecule has 2 aromatic carbocycles. The maximum absolute atomic E-state index is 12.2. The van der Waals surface area contributed by atoms with Crippen molar-refractivity contribution < 1.29 is 23.8 Å². The second-order valence-electron chi connectivity index (χ2n) is 5.41. The molecule has 0 spiro atoms. The van der Waals surface area contributed by atoms with Gasteiger partial charge in [0, 0.05) is 11.6 Å². The molecule has 0 aliphatic heterocycles. The van der Waals surface area contributed by atoms with Crippen LogP contribution in [-0.4, -0.2) is 32.2 Å². The SMILES string of the molecule is CCOc1c(Cl)cc(C(=O)OCC(=O)NCc2cccc(Cl)c2)cc1OC. The Balaban J connectivity index is 1.93. The number of carbonyl (C=O) groups is 2. The van der Waals surface area contributed by atoms with Crippen LogP contribution in [0.25, 0.3) is 0 Å². The van der Waals surface area contributed by atoms with Gasteiger partial charge in [0.05, 0.1) is 24.3 Å². The summed E-state index contributed by atoms with van der Waals surface area (Å²) in [6, 6.07) is 9.94. The number of carbonyl (C=O) groups excluding carboxylic acids is 2. The van der Waals surface area contributed by atoms with E-state index in [0.29, 0.717) is 23.1 Å². The number of amides is 1. The third kappa shape index (κ3) is 6.05. The average Bonchev–Trinajstić information content (AvgIpc) is 2.66. The van der Waals surface area contributed by atoms with Crippen LogP contribution in [0, 0.1) is 0 Å². The molecule has 0 aliphatic carbocycles. The maximum atomic E-state index is 12.2. The largest absolute Gasteiger partial charge is 0.493 e. The van der Waals surface area contributed by atoms with Gasteiger partial charge in [0.15, 0.2) is 18.1 Å². The number of hydrogen-bond acceptors (Lipinski definition) is 5. The van der Waals surface area contributed by atoms with Gasteiger partial charge in [0.2, 0.25) is 0 Å². The van der Waals surface area contributed by atoms with E-state index in [1.54, 1.807) is 25.1 Å². The number of ether oxygens (including phenoxy) is 3. The number of hydrogen-bond donors (Lipinski definition) is 1. The molecular formula is C19H19Cl2NO5. The summed E-state index contributed by atoms with van der Waals surface area (Å²) in [6.07, 6.45) is 0. The quantitative estimate of drug-likeness (QED) is 0.667. The summed E-state index contributed by atoms with van der Waals surface area (Å²) < 4.78 is 15.6. The van der Waals surface area contributed by atoms with E-state index in [1.165, 1.54) is 19.2 Å². The predicted molar refractivity (Wildman–Crippen MR) is 103 cm³/mol. The van der Waals surface area contributed by atoms with Crippen molar-refractivity contribution in [2.24, 2.45) is 0 Å². The van der Waals surface area contributed by atoms with Gasteiger partial charge in [-0.1, -0.05) is 35.3 Å². The normalized spacial score (nSPS) is 10.2. The highest BCUT2D eigenvalue weighted by molar-refractivity contribution is 6.32. The third-order valence-corrected chi connectivity index (χ3v) is 3.98. The summed E-state index contributed by atoms with van der Waals surface area (Å²) >= 11 is 12.0. The van der Waals surface area contributed by atoms with E-state index >= 15 is 0 Å². The Labute approximate surface area is 167 Å². The van der Waals surface area contributed by atoms with Gasteiger partial charge >= 0.3 is 5.97 Å². The zero-order valence-electron chi connectivity index (χ0n) is 14.9. The molecule has 8 heteroatoms. The lowest BCUT2D eigenvalue weighted by atomic mass is 10.2. The molecule has 0 saturated carbocycles. The molecule has 0 heterocycles. The van der Waals surface area contributed by atoms with Gasteiger partial charge in [-0.15, -0.1) is 0 Å². The third-order valence-electron chi connectivity index (χ3n) is 3.47. The molecule has 0 unspecified atom stereocenters. The van der Waals surface area contributed by atoms with E-state index in [-0.39, 0.29) is 17.1 Å². The van der Waals surface area contributed by atoms with Crippen molar-refractivity contribution in [2.75, 3.05) is 20.3 Å². The van der Waals surface area contributed by atoms with Crippen LogP contribution < -0.4 is 14.8 Å². The molecule has 144 valence electrons. The van der Waals surface area contributed by atoms with Crippen LogP contribution in [0.1, 0.15) is 22.8 Å². The first-order valence-electron chi connectivity index (χ1n) is 8.13. The Kier molecular flexibility index (Phi) is 7.76. The van der Waals surface area contributed by atoms with Crippen molar-refractivity contribution in [3.8, 4) is 11.5 Å². The molecule has 2 rings (SSSR count). The zero-order chi connectivity index (χ0) is 19.8. The molecule has 2 aromatic rings. The average molecular weight is 412 g/mol. The minimum atomic E-state index is -0.698.